The molecule has 0 N–H and O–H groups in total. The largest absolute Gasteiger partial charge is 0.0636 e. The summed E-state index contributed by atoms with van der Waals surface area (Å²) in [5.74, 6) is 0. The van der Waals surface area contributed by atoms with Gasteiger partial charge in [0.05, 0.1) is 57.6 Å². The Balaban J connectivity index is 0.000000186. The summed E-state index contributed by atoms with van der Waals surface area (Å²) in [6, 6.07) is -7.69. The van der Waals surface area contributed by atoms with E-state index >= 15 is 0 Å². The van der Waals surface area contributed by atoms with Crippen molar-refractivity contribution in [3.05, 3.63) is 339 Å². The van der Waals surface area contributed by atoms with Gasteiger partial charge in [-0.15, -0.1) is 0 Å². The van der Waals surface area contributed by atoms with Crippen molar-refractivity contribution < 1.29 is 57.6 Å². The second kappa shape index (κ2) is 21.3. The van der Waals surface area contributed by atoms with Crippen LogP contribution in [-0.4, -0.2) is 0 Å². The van der Waals surface area contributed by atoms with E-state index in [0.717, 1.165) is 21.9 Å². The molecule has 0 nitrogen and oxygen atoms in total. The van der Waals surface area contributed by atoms with E-state index in [1.165, 1.54) is 0 Å². The Morgan fingerprint density at radius 1 is 0.170 bits per heavy atom. The Morgan fingerprint density at radius 3 is 1.10 bits per heavy atom. The zero-order chi connectivity index (χ0) is 94.6. The van der Waals surface area contributed by atoms with Crippen LogP contribution < -0.4 is 0 Å². The third-order valence-corrected chi connectivity index (χ3v) is 15.2. The van der Waals surface area contributed by atoms with Gasteiger partial charge in [-0.1, -0.05) is 302 Å². The van der Waals surface area contributed by atoms with Crippen LogP contribution in [0.25, 0.3) is 174 Å². The first-order chi connectivity index (χ1) is 61.2. The van der Waals surface area contributed by atoms with Crippen molar-refractivity contribution in [2.45, 2.75) is 0 Å². The quantitative estimate of drug-likeness (QED) is 0.146. The van der Waals surface area contributed by atoms with Crippen molar-refractivity contribution in [2.75, 3.05) is 0 Å². The minimum absolute atomic E-state index is 0.0563. The molecule has 0 spiro atoms. The smallest absolute Gasteiger partial charge is 0.0616 e. The summed E-state index contributed by atoms with van der Waals surface area (Å²) in [4.78, 5) is 0. The zero-order valence-corrected chi connectivity index (χ0v) is 45.1. The minimum Gasteiger partial charge on any atom is -0.0616 e. The third kappa shape index (κ3) is 8.76. The molecule has 88 heavy (non-hydrogen) atoms. The van der Waals surface area contributed by atoms with Gasteiger partial charge in [0, 0.05) is 0 Å². The highest BCUT2D eigenvalue weighted by Crippen LogP contribution is 2.49. The van der Waals surface area contributed by atoms with Gasteiger partial charge in [0.2, 0.25) is 0 Å². The molecule has 18 rings (SSSR count). The monoisotopic (exact) mass is 1150 g/mol. The Bertz CT molecular complexity index is 8420. The van der Waals surface area contributed by atoms with E-state index in [1.54, 1.807) is 30.3 Å². The van der Waals surface area contributed by atoms with Gasteiger partial charge in [0.25, 0.3) is 0 Å². The maximum Gasteiger partial charge on any atom is 0.0636 e. The molecule has 18 aromatic carbocycles. The van der Waals surface area contributed by atoms with Gasteiger partial charge >= 0.3 is 0 Å². The fraction of sp³-hybridized carbons (Fsp3) is 0. The molecule has 0 saturated heterocycles. The maximum atomic E-state index is 10.2. The van der Waals surface area contributed by atoms with Crippen LogP contribution in [0.1, 0.15) is 57.6 Å². The SMILES string of the molecule is [2H]c1c([2H])c([2H])c2c([2H])c(-c3c4c([2H])c([2H])c([2H])c([2H])c4c(-c4c([2H])c([2H])c5c([2H])c([2H])c([2H])c([2H])c5c4[2H])c4c([2H])c(-c5c([2H])c([2H])c([2H])c6c([2H])c([2H])c([2H])c([2H])c56)c([2H])c([2H])c34)c([2H])c([2H])c2c1[2H].[2H]c1c([2H])c([2H])c2c([2H])c(-c3c4ccccc4c(-c4c([2H])c([2H])c5c([2H])c([2H])c([2H])c([2H])c5c4[2H])c4cc(-c5cccc6ccccc56)ccc34)c([2H])c([2H])c2c1[2H]. The molecule has 0 unspecified atom stereocenters. The molecule has 0 aromatic heterocycles. The molecule has 408 valence electrons. The average molecular weight is 1160 g/mol. The van der Waals surface area contributed by atoms with Crippen molar-refractivity contribution in [3.8, 4) is 66.8 Å². The predicted molar refractivity (Wildman–Crippen MR) is 381 cm³/mol. The van der Waals surface area contributed by atoms with E-state index in [4.69, 9.17) is 37.0 Å². The van der Waals surface area contributed by atoms with E-state index in [0.29, 0.717) is 32.7 Å². The second-order valence-electron chi connectivity index (χ2n) is 20.1. The fourth-order valence-corrected chi connectivity index (χ4v) is 11.3. The lowest BCUT2D eigenvalue weighted by atomic mass is 9.84. The number of fused-ring (bicyclic) bond motifs is 10. The number of benzene rings is 18. The fourth-order valence-electron chi connectivity index (χ4n) is 11.3. The second-order valence-corrected chi connectivity index (χ2v) is 20.1. The third-order valence-electron chi connectivity index (χ3n) is 15.2. The molecule has 18 aromatic rings. The molecule has 0 radical (unpaired) electrons. The molecule has 0 heteroatoms. The van der Waals surface area contributed by atoms with Crippen LogP contribution in [0, 0.1) is 0 Å². The highest BCUT2D eigenvalue weighted by atomic mass is 14.2. The first kappa shape index (κ1) is 24.1. The Hall–Kier alpha value is -11.4. The highest BCUT2D eigenvalue weighted by molar-refractivity contribution is 6.25. The molecule has 0 heterocycles. The summed E-state index contributed by atoms with van der Waals surface area (Å²) in [6.45, 7) is 0. The van der Waals surface area contributed by atoms with Crippen LogP contribution in [0.5, 0.6) is 0 Å². The lowest BCUT2D eigenvalue weighted by Gasteiger charge is -2.19. The first-order valence-corrected chi connectivity index (χ1v) is 27.1. The lowest BCUT2D eigenvalue weighted by molar-refractivity contribution is 1.66. The summed E-state index contributed by atoms with van der Waals surface area (Å²) >= 11 is 0. The lowest BCUT2D eigenvalue weighted by Crippen LogP contribution is -1.92. The van der Waals surface area contributed by atoms with E-state index in [-0.39, 0.29) is 44.8 Å². The van der Waals surface area contributed by atoms with Gasteiger partial charge in [0.15, 0.2) is 0 Å². The molecule has 0 atom stereocenters. The van der Waals surface area contributed by atoms with E-state index < -0.39 is 329 Å². The molecular formula is C88H56. The summed E-state index contributed by atoms with van der Waals surface area (Å²) in [5, 5.41) is -4.53. The van der Waals surface area contributed by atoms with Crippen LogP contribution in [0.3, 0.4) is 0 Å². The van der Waals surface area contributed by atoms with E-state index in [9.17, 15) is 20.6 Å². The molecular weight excluding hydrogens is 1060 g/mol. The normalized spacial score (nSPS) is 18.3. The maximum absolute atomic E-state index is 10.2. The van der Waals surface area contributed by atoms with Crippen molar-refractivity contribution >= 4 is 108 Å². The topological polar surface area (TPSA) is 0 Å². The molecule has 0 aliphatic rings. The predicted octanol–water partition coefficient (Wildman–Crippen LogP) is 24.9. The van der Waals surface area contributed by atoms with Crippen LogP contribution in [0.4, 0.5) is 0 Å². The number of hydrogen-bond acceptors (Lipinski definition) is 0. The standard InChI is InChI=1S/2C44H28/c2*1-3-13-32-26-35(22-20-29(32)10-1)43-39-17-7-8-18-40(39)44(36-23-21-30-11-2-4-14-33(30)27-36)42-28-34(24-25-41(42)43)38-19-9-15-31-12-5-6-16-37(31)38/h2*1-28H/i1D,2D,3D,4D,5D,6D,7D,8D,9D,10D,11D,12D,13D,14D,15D,16D,17D,18D,19D,20D,21D,22D,23D,24D,25D,26D,27D,28D;1D,2D,3D,4D,10D,11D,13D,14D,20D,21D,22D,23D,26D,27D. The van der Waals surface area contributed by atoms with Gasteiger partial charge < -0.3 is 0 Å². The summed E-state index contributed by atoms with van der Waals surface area (Å²) in [7, 11) is 0. The van der Waals surface area contributed by atoms with Gasteiger partial charge in [0.1, 0.15) is 0 Å². The van der Waals surface area contributed by atoms with Crippen molar-refractivity contribution in [1.29, 1.82) is 0 Å². The highest BCUT2D eigenvalue weighted by Gasteiger charge is 2.21. The molecule has 0 bridgehead atoms. The van der Waals surface area contributed by atoms with Crippen LogP contribution in [0.2, 0.25) is 0 Å². The molecule has 0 amide bonds. The first-order valence-electron chi connectivity index (χ1n) is 48.1. The van der Waals surface area contributed by atoms with Crippen LogP contribution >= 0.6 is 0 Å². The van der Waals surface area contributed by atoms with Crippen LogP contribution in [0.15, 0.2) is 339 Å². The summed E-state index contributed by atoms with van der Waals surface area (Å²) < 4.78 is 376. The van der Waals surface area contributed by atoms with Crippen LogP contribution in [-0.2, 0) is 0 Å². The summed E-state index contributed by atoms with van der Waals surface area (Å²) in [5.41, 5.74) is -2.94. The zero-order valence-electron chi connectivity index (χ0n) is 87.1. The van der Waals surface area contributed by atoms with Gasteiger partial charge in [-0.05, 0) is 211 Å². The molecule has 0 fully saturated rings. The Morgan fingerprint density at radius 2 is 0.557 bits per heavy atom. The van der Waals surface area contributed by atoms with E-state index in [1.807, 2.05) is 54.6 Å². The van der Waals surface area contributed by atoms with Crippen molar-refractivity contribution in [3.63, 3.8) is 0 Å². The van der Waals surface area contributed by atoms with Crippen molar-refractivity contribution in [1.82, 2.24) is 0 Å². The number of rotatable bonds is 6. The Kier molecular flexibility index (Phi) is 5.83. The molecule has 0 aliphatic carbocycles. The average Bonchev–Trinajstić information content (AvgIpc) is 0.665. The minimum atomic E-state index is -1.12. The summed E-state index contributed by atoms with van der Waals surface area (Å²) in [6.07, 6.45) is 0. The van der Waals surface area contributed by atoms with Gasteiger partial charge in [-0.25, -0.2) is 0 Å². The van der Waals surface area contributed by atoms with E-state index in [2.05, 4.69) is 0 Å². The molecule has 0 aliphatic heterocycles. The van der Waals surface area contributed by atoms with Gasteiger partial charge in [-0.2, -0.15) is 0 Å². The van der Waals surface area contributed by atoms with Crippen molar-refractivity contribution in [2.24, 2.45) is 0 Å². The Labute approximate surface area is 570 Å². The number of hydrogen-bond donors (Lipinski definition) is 0. The van der Waals surface area contributed by atoms with Gasteiger partial charge in [-0.3, -0.25) is 0 Å². The molecule has 0 saturated carbocycles.